The van der Waals surface area contributed by atoms with Crippen LogP contribution in [-0.2, 0) is 20.2 Å². The van der Waals surface area contributed by atoms with E-state index in [1.165, 1.54) is 18.2 Å². The van der Waals surface area contributed by atoms with Gasteiger partial charge in [0.2, 0.25) is 0 Å². The van der Waals surface area contributed by atoms with Crippen LogP contribution in [0.25, 0.3) is 10.8 Å². The zero-order valence-electron chi connectivity index (χ0n) is 10.0. The molecule has 1 radical (unpaired) electrons. The minimum Gasteiger partial charge on any atom is -0.478 e. The molecule has 2 aromatic rings. The first-order valence-electron chi connectivity index (χ1n) is 5.20. The Morgan fingerprint density at radius 1 is 0.952 bits per heavy atom. The number of hydrogen-bond donors (Lipinski definition) is 3. The summed E-state index contributed by atoms with van der Waals surface area (Å²) in [5.41, 5.74) is -1.08. The van der Waals surface area contributed by atoms with Crippen molar-refractivity contribution in [1.29, 1.82) is 0 Å². The van der Waals surface area contributed by atoms with Crippen molar-refractivity contribution in [1.82, 2.24) is 0 Å². The van der Waals surface area contributed by atoms with Crippen LogP contribution in [0.3, 0.4) is 0 Å². The monoisotopic (exact) mass is 331 g/mol. The molecule has 10 heteroatoms. The summed E-state index contributed by atoms with van der Waals surface area (Å²) in [6, 6.07) is 7.41. The van der Waals surface area contributed by atoms with Crippen LogP contribution in [0.15, 0.2) is 34.1 Å². The van der Waals surface area contributed by atoms with Crippen LogP contribution in [0.5, 0.6) is 0 Å². The predicted octanol–water partition coefficient (Wildman–Crippen LogP) is 0.832. The molecule has 0 bridgehead atoms. The molecule has 0 fully saturated rings. The van der Waals surface area contributed by atoms with E-state index in [1.807, 2.05) is 0 Å². The molecule has 0 aliphatic carbocycles. The van der Waals surface area contributed by atoms with Gasteiger partial charge in [-0.05, 0) is 5.39 Å². The largest absolute Gasteiger partial charge is 0.478 e. The van der Waals surface area contributed by atoms with E-state index in [0.717, 1.165) is 6.07 Å². The Bertz CT molecular complexity index is 957. The lowest BCUT2D eigenvalue weighted by Gasteiger charge is -2.11. The molecule has 0 aliphatic heterocycles. The van der Waals surface area contributed by atoms with Crippen LogP contribution >= 0.6 is 0 Å². The zero-order chi connectivity index (χ0) is 16.0. The van der Waals surface area contributed by atoms with Gasteiger partial charge < -0.3 is 5.11 Å². The molecule has 2 aromatic carbocycles. The van der Waals surface area contributed by atoms with Gasteiger partial charge in [-0.1, -0.05) is 24.3 Å². The van der Waals surface area contributed by atoms with Gasteiger partial charge in [-0.15, -0.1) is 0 Å². The number of aromatic carboxylic acids is 1. The van der Waals surface area contributed by atoms with Crippen LogP contribution in [0.4, 0.5) is 0 Å². The molecule has 111 valence electrons. The minimum absolute atomic E-state index is 0.0464. The number of rotatable bonds is 3. The normalized spacial score (nSPS) is 12.5. The summed E-state index contributed by atoms with van der Waals surface area (Å²) >= 11 is 0. The van der Waals surface area contributed by atoms with Gasteiger partial charge in [0.1, 0.15) is 9.79 Å². The maximum Gasteiger partial charge on any atom is 0.337 e. The van der Waals surface area contributed by atoms with Crippen molar-refractivity contribution in [3.8, 4) is 0 Å². The molecule has 0 amide bonds. The Kier molecular flexibility index (Phi) is 3.49. The molecule has 0 spiro atoms. The topological polar surface area (TPSA) is 146 Å². The molecule has 8 nitrogen and oxygen atoms in total. The fraction of sp³-hybridized carbons (Fsp3) is 0. The number of hydrogen-bond acceptors (Lipinski definition) is 5. The van der Waals surface area contributed by atoms with Crippen molar-refractivity contribution in [2.24, 2.45) is 0 Å². The molecule has 0 atom stereocenters. The average Bonchev–Trinajstić information content (AvgIpc) is 2.33. The van der Waals surface area contributed by atoms with Crippen LogP contribution in [0.1, 0.15) is 10.4 Å². The maximum absolute atomic E-state index is 11.5. The number of carboxylic acid groups (broad SMARTS) is 1. The Hall–Kier alpha value is -2.01. The number of carboxylic acids is 1. The van der Waals surface area contributed by atoms with E-state index in [1.54, 1.807) is 0 Å². The van der Waals surface area contributed by atoms with Gasteiger partial charge in [0, 0.05) is 11.5 Å². The number of benzene rings is 2. The summed E-state index contributed by atoms with van der Waals surface area (Å²) in [6.45, 7) is 0. The summed E-state index contributed by atoms with van der Waals surface area (Å²) < 4.78 is 64.0. The van der Waals surface area contributed by atoms with Gasteiger partial charge in [-0.3, -0.25) is 9.11 Å². The highest BCUT2D eigenvalue weighted by Gasteiger charge is 2.32. The summed E-state index contributed by atoms with van der Waals surface area (Å²) in [5, 5.41) is 8.67. The second-order valence-electron chi connectivity index (χ2n) is 3.96. The van der Waals surface area contributed by atoms with Crippen molar-refractivity contribution in [3.05, 3.63) is 35.9 Å². The molecular weight excluding hydrogens is 324 g/mol. The first-order valence-corrected chi connectivity index (χ1v) is 8.08. The Morgan fingerprint density at radius 3 is 1.95 bits per heavy atom. The van der Waals surface area contributed by atoms with Gasteiger partial charge >= 0.3 is 5.97 Å². The summed E-state index contributed by atoms with van der Waals surface area (Å²) in [5.74, 6) is -1.82. The Labute approximate surface area is 119 Å². The third-order valence-corrected chi connectivity index (χ3v) is 4.59. The lowest BCUT2D eigenvalue weighted by atomic mass is 10.1. The fourth-order valence-corrected chi connectivity index (χ4v) is 4.03. The van der Waals surface area contributed by atoms with Crippen LogP contribution in [-0.4, -0.2) is 37.0 Å². The van der Waals surface area contributed by atoms with E-state index < -0.39 is 41.6 Å². The third kappa shape index (κ3) is 2.74. The van der Waals surface area contributed by atoms with Gasteiger partial charge in [0.15, 0.2) is 0 Å². The highest BCUT2D eigenvalue weighted by atomic mass is 32.2. The van der Waals surface area contributed by atoms with Gasteiger partial charge in [-0.25, -0.2) is 4.79 Å². The number of fused-ring (bicyclic) bond motifs is 1. The van der Waals surface area contributed by atoms with Crippen LogP contribution in [0, 0.1) is 6.07 Å². The molecular formula is C11H7O8S2. The summed E-state index contributed by atoms with van der Waals surface area (Å²) in [6.07, 6.45) is 0. The lowest BCUT2D eigenvalue weighted by molar-refractivity contribution is 0.0691. The molecule has 0 saturated heterocycles. The van der Waals surface area contributed by atoms with Crippen LogP contribution in [0.2, 0.25) is 0 Å². The number of carbonyl (C=O) groups is 1. The van der Waals surface area contributed by atoms with Crippen molar-refractivity contribution in [2.45, 2.75) is 9.79 Å². The zero-order valence-corrected chi connectivity index (χ0v) is 11.6. The van der Waals surface area contributed by atoms with Crippen molar-refractivity contribution < 1.29 is 35.8 Å². The summed E-state index contributed by atoms with van der Waals surface area (Å²) in [4.78, 5) is 8.49. The third-order valence-electron chi connectivity index (χ3n) is 2.59. The van der Waals surface area contributed by atoms with Crippen molar-refractivity contribution >= 4 is 37.0 Å². The molecule has 0 unspecified atom stereocenters. The van der Waals surface area contributed by atoms with E-state index in [-0.39, 0.29) is 10.8 Å². The smallest absolute Gasteiger partial charge is 0.337 e. The van der Waals surface area contributed by atoms with Crippen molar-refractivity contribution in [2.75, 3.05) is 0 Å². The van der Waals surface area contributed by atoms with Gasteiger partial charge in [-0.2, -0.15) is 16.8 Å². The van der Waals surface area contributed by atoms with E-state index in [4.69, 9.17) is 9.66 Å². The quantitative estimate of drug-likeness (QED) is 0.701. The SMILES string of the molecule is O=C(O)c1[c]c2ccccc2c(S(=O)(=O)O)c1S(=O)(=O)O. The summed E-state index contributed by atoms with van der Waals surface area (Å²) in [7, 11) is -10.4. The predicted molar refractivity (Wildman–Crippen MR) is 69.4 cm³/mol. The Morgan fingerprint density at radius 2 is 1.48 bits per heavy atom. The minimum atomic E-state index is -5.24. The Balaban J connectivity index is 3.24. The molecule has 0 heterocycles. The second-order valence-corrected chi connectivity index (χ2v) is 6.68. The highest BCUT2D eigenvalue weighted by Crippen LogP contribution is 2.32. The molecule has 0 saturated carbocycles. The van der Waals surface area contributed by atoms with E-state index in [0.29, 0.717) is 0 Å². The first kappa shape index (κ1) is 15.4. The molecule has 21 heavy (non-hydrogen) atoms. The first-order chi connectivity index (χ1) is 9.53. The lowest BCUT2D eigenvalue weighted by Crippen LogP contribution is -2.15. The maximum atomic E-state index is 11.5. The molecule has 0 aliphatic rings. The van der Waals surface area contributed by atoms with Gasteiger partial charge in [0.05, 0.1) is 5.56 Å². The van der Waals surface area contributed by atoms with E-state index >= 15 is 0 Å². The highest BCUT2D eigenvalue weighted by molar-refractivity contribution is 7.89. The van der Waals surface area contributed by atoms with E-state index in [2.05, 4.69) is 6.07 Å². The fourth-order valence-electron chi connectivity index (χ4n) is 1.87. The average molecular weight is 331 g/mol. The molecule has 0 aromatic heterocycles. The van der Waals surface area contributed by atoms with Crippen molar-refractivity contribution in [3.63, 3.8) is 0 Å². The second kappa shape index (κ2) is 4.77. The standard InChI is InChI=1S/C11H7O8S2/c12-11(13)8-5-6-3-1-2-4-7(6)9(20(14,15)16)10(8)21(17,18)19/h1-4H,(H,12,13)(H,14,15,16)(H,17,18,19). The molecule has 3 N–H and O–H groups in total. The van der Waals surface area contributed by atoms with Gasteiger partial charge in [0.25, 0.3) is 20.2 Å². The van der Waals surface area contributed by atoms with Crippen LogP contribution < -0.4 is 0 Å². The van der Waals surface area contributed by atoms with E-state index in [9.17, 15) is 26.2 Å². The molecule has 2 rings (SSSR count).